The number of esters is 4. The molecule has 0 radical (unpaired) electrons. The third kappa shape index (κ3) is 78.7. The summed E-state index contributed by atoms with van der Waals surface area (Å²) in [6, 6.07) is 0. The van der Waals surface area contributed by atoms with Crippen molar-refractivity contribution in [2.45, 2.75) is 478 Å². The molecule has 0 aromatic rings. The Morgan fingerprint density at radius 3 is 0.717 bits per heavy atom. The van der Waals surface area contributed by atoms with Gasteiger partial charge >= 0.3 is 39.5 Å². The fourth-order valence-corrected chi connectivity index (χ4v) is 15.1. The molecule has 630 valence electrons. The molecular weight excluding hydrogens is 1380 g/mol. The van der Waals surface area contributed by atoms with Gasteiger partial charge in [-0.3, -0.25) is 37.3 Å². The standard InChI is InChI=1S/C87H170O17P2/c1-8-10-11-12-13-14-15-16-17-20-26-32-37-42-47-56-64-71-87(92)104-83(75-98-85(90)69-62-55-50-49-52-59-66-79(5)6)77-102-106(95,96)100-73-81(88)72-99-105(93,94)101-76-82(74-97-84(89)68-61-54-46-41-36-31-28-23-24-29-34-39-44-51-58-65-78(3)4)103-86(91)70-63-57-48-43-38-33-27-22-19-18-21-25-30-35-40-45-53-60-67-80(7)9-2/h78-83,88H,8-77H2,1-7H3,(H,93,94)(H,95,96)/t80?,81-,82-,83-/m1/s1. The topological polar surface area (TPSA) is 237 Å². The van der Waals surface area contributed by atoms with Gasteiger partial charge in [0, 0.05) is 25.7 Å². The SMILES string of the molecule is CCCCCCCCCCCCCCCCCCCC(=O)O[C@H](COC(=O)CCCCCCCCC(C)C)COP(=O)(O)OC[C@H](O)COP(=O)(O)OC[C@@H](COC(=O)CCCCCCCCCCCCCCCCCC(C)C)OC(=O)CCCCCCCCCCCCCCCCCCCCC(C)CC. The monoisotopic (exact) mass is 1550 g/mol. The Kier molecular flexibility index (Phi) is 75.6. The second-order valence-electron chi connectivity index (χ2n) is 32.5. The summed E-state index contributed by atoms with van der Waals surface area (Å²) in [5.74, 6) is 0.251. The lowest BCUT2D eigenvalue weighted by Crippen LogP contribution is -2.30. The average Bonchev–Trinajstić information content (AvgIpc) is 0.903. The van der Waals surface area contributed by atoms with Crippen molar-refractivity contribution in [2.75, 3.05) is 39.6 Å². The van der Waals surface area contributed by atoms with E-state index in [1.807, 2.05) is 0 Å². The first kappa shape index (κ1) is 104. The molecule has 6 atom stereocenters. The first-order valence-corrected chi connectivity index (χ1v) is 47.9. The molecule has 19 heteroatoms. The van der Waals surface area contributed by atoms with Gasteiger partial charge in [0.05, 0.1) is 26.4 Å². The van der Waals surface area contributed by atoms with E-state index in [1.165, 1.54) is 263 Å². The Morgan fingerprint density at radius 1 is 0.274 bits per heavy atom. The maximum atomic E-state index is 13.2. The second kappa shape index (κ2) is 77.0. The third-order valence-electron chi connectivity index (χ3n) is 20.7. The smallest absolute Gasteiger partial charge is 0.462 e. The van der Waals surface area contributed by atoms with Crippen LogP contribution in [0.5, 0.6) is 0 Å². The Hall–Kier alpha value is -1.94. The molecule has 17 nitrogen and oxygen atoms in total. The highest BCUT2D eigenvalue weighted by Crippen LogP contribution is 2.45. The minimum Gasteiger partial charge on any atom is -0.462 e. The number of carbonyl (C=O) groups excluding carboxylic acids is 4. The number of hydrogen-bond acceptors (Lipinski definition) is 15. The van der Waals surface area contributed by atoms with Crippen LogP contribution in [0.3, 0.4) is 0 Å². The highest BCUT2D eigenvalue weighted by Gasteiger charge is 2.31. The number of aliphatic hydroxyl groups is 1. The number of unbranched alkanes of at least 4 members (excludes halogenated alkanes) is 52. The van der Waals surface area contributed by atoms with Crippen LogP contribution in [0.1, 0.15) is 459 Å². The zero-order valence-corrected chi connectivity index (χ0v) is 71.7. The highest BCUT2D eigenvalue weighted by atomic mass is 31.2. The molecule has 0 spiro atoms. The van der Waals surface area contributed by atoms with Crippen molar-refractivity contribution in [1.29, 1.82) is 0 Å². The minimum absolute atomic E-state index is 0.107. The third-order valence-corrected chi connectivity index (χ3v) is 22.6. The summed E-state index contributed by atoms with van der Waals surface area (Å²) in [6.07, 6.45) is 68.2. The molecule has 0 rings (SSSR count). The minimum atomic E-state index is -4.97. The predicted octanol–water partition coefficient (Wildman–Crippen LogP) is 26.5. The average molecular weight is 1550 g/mol. The fraction of sp³-hybridized carbons (Fsp3) is 0.954. The molecule has 3 unspecified atom stereocenters. The van der Waals surface area contributed by atoms with E-state index < -0.39 is 97.5 Å². The number of carbonyl (C=O) groups is 4. The second-order valence-corrected chi connectivity index (χ2v) is 35.4. The van der Waals surface area contributed by atoms with Crippen LogP contribution in [0.25, 0.3) is 0 Å². The zero-order valence-electron chi connectivity index (χ0n) is 69.9. The number of hydrogen-bond donors (Lipinski definition) is 3. The molecule has 106 heavy (non-hydrogen) atoms. The summed E-state index contributed by atoms with van der Waals surface area (Å²) < 4.78 is 68.9. The molecule has 0 aliphatic rings. The van der Waals surface area contributed by atoms with Gasteiger partial charge in [0.2, 0.25) is 0 Å². The van der Waals surface area contributed by atoms with Gasteiger partial charge in [-0.05, 0) is 43.4 Å². The van der Waals surface area contributed by atoms with E-state index in [9.17, 15) is 43.2 Å². The summed E-state index contributed by atoms with van der Waals surface area (Å²) in [7, 11) is -9.93. The predicted molar refractivity (Wildman–Crippen MR) is 437 cm³/mol. The Morgan fingerprint density at radius 2 is 0.481 bits per heavy atom. The van der Waals surface area contributed by atoms with Crippen molar-refractivity contribution in [2.24, 2.45) is 17.8 Å². The van der Waals surface area contributed by atoms with Crippen LogP contribution in [0.4, 0.5) is 0 Å². The van der Waals surface area contributed by atoms with Gasteiger partial charge in [0.1, 0.15) is 19.3 Å². The van der Waals surface area contributed by atoms with Crippen LogP contribution >= 0.6 is 15.6 Å². The Balaban J connectivity index is 5.21. The van der Waals surface area contributed by atoms with Crippen molar-refractivity contribution in [3.05, 3.63) is 0 Å². The van der Waals surface area contributed by atoms with Crippen molar-refractivity contribution >= 4 is 39.5 Å². The number of ether oxygens (including phenoxy) is 4. The molecule has 0 aromatic heterocycles. The molecule has 3 N–H and O–H groups in total. The fourth-order valence-electron chi connectivity index (χ4n) is 13.5. The van der Waals surface area contributed by atoms with E-state index in [-0.39, 0.29) is 25.7 Å². The molecular formula is C87H170O17P2. The van der Waals surface area contributed by atoms with Crippen molar-refractivity contribution in [3.8, 4) is 0 Å². The van der Waals surface area contributed by atoms with E-state index >= 15 is 0 Å². The highest BCUT2D eigenvalue weighted by molar-refractivity contribution is 7.47. The summed E-state index contributed by atoms with van der Waals surface area (Å²) in [5, 5.41) is 10.7. The maximum Gasteiger partial charge on any atom is 0.472 e. The van der Waals surface area contributed by atoms with Crippen molar-refractivity contribution in [3.63, 3.8) is 0 Å². The molecule has 0 amide bonds. The van der Waals surface area contributed by atoms with Crippen LogP contribution in [-0.2, 0) is 65.4 Å². The number of phosphoric ester groups is 2. The summed E-state index contributed by atoms with van der Waals surface area (Å²) in [5.41, 5.74) is 0. The van der Waals surface area contributed by atoms with E-state index in [1.54, 1.807) is 0 Å². The zero-order chi connectivity index (χ0) is 77.9. The van der Waals surface area contributed by atoms with Crippen molar-refractivity contribution < 1.29 is 80.2 Å². The number of phosphoric acid groups is 2. The first-order valence-electron chi connectivity index (χ1n) is 44.9. The van der Waals surface area contributed by atoms with Gasteiger partial charge < -0.3 is 33.8 Å². The first-order chi connectivity index (χ1) is 51.3. The van der Waals surface area contributed by atoms with E-state index in [4.69, 9.17) is 37.0 Å². The lowest BCUT2D eigenvalue weighted by molar-refractivity contribution is -0.161. The maximum absolute atomic E-state index is 13.2. The Labute approximate surface area is 651 Å². The van der Waals surface area contributed by atoms with E-state index in [2.05, 4.69) is 48.5 Å². The summed E-state index contributed by atoms with van der Waals surface area (Å²) in [4.78, 5) is 73.2. The van der Waals surface area contributed by atoms with Gasteiger partial charge in [0.25, 0.3) is 0 Å². The van der Waals surface area contributed by atoms with E-state index in [0.29, 0.717) is 31.6 Å². The van der Waals surface area contributed by atoms with Crippen LogP contribution in [0.15, 0.2) is 0 Å². The van der Waals surface area contributed by atoms with Crippen LogP contribution in [-0.4, -0.2) is 96.7 Å². The van der Waals surface area contributed by atoms with Gasteiger partial charge in [0.15, 0.2) is 12.2 Å². The lowest BCUT2D eigenvalue weighted by Gasteiger charge is -2.21. The summed E-state index contributed by atoms with van der Waals surface area (Å²) in [6.45, 7) is 12.0. The van der Waals surface area contributed by atoms with Gasteiger partial charge in [-0.1, -0.05) is 408 Å². The number of aliphatic hydroxyl groups excluding tert-OH is 1. The molecule has 0 fully saturated rings. The number of rotatable bonds is 85. The molecule has 0 saturated heterocycles. The molecule has 0 aliphatic carbocycles. The van der Waals surface area contributed by atoms with Crippen LogP contribution in [0.2, 0.25) is 0 Å². The largest absolute Gasteiger partial charge is 0.472 e. The molecule has 0 aromatic carbocycles. The molecule has 0 aliphatic heterocycles. The van der Waals surface area contributed by atoms with E-state index in [0.717, 1.165) is 108 Å². The summed E-state index contributed by atoms with van der Waals surface area (Å²) >= 11 is 0. The van der Waals surface area contributed by atoms with Gasteiger partial charge in [-0.2, -0.15) is 0 Å². The van der Waals surface area contributed by atoms with Crippen LogP contribution in [0, 0.1) is 17.8 Å². The van der Waals surface area contributed by atoms with Crippen LogP contribution < -0.4 is 0 Å². The lowest BCUT2D eigenvalue weighted by atomic mass is 9.99. The van der Waals surface area contributed by atoms with Gasteiger partial charge in [-0.15, -0.1) is 0 Å². The molecule has 0 saturated carbocycles. The molecule has 0 bridgehead atoms. The normalized spacial score (nSPS) is 14.1. The quantitative estimate of drug-likeness (QED) is 0.0222. The van der Waals surface area contributed by atoms with Crippen molar-refractivity contribution in [1.82, 2.24) is 0 Å². The van der Waals surface area contributed by atoms with Gasteiger partial charge in [-0.25, -0.2) is 9.13 Å². The molecule has 0 heterocycles. The Bertz CT molecular complexity index is 2050.